The van der Waals surface area contributed by atoms with Gasteiger partial charge in [-0.1, -0.05) is 72.8 Å². The first-order valence-corrected chi connectivity index (χ1v) is 10.4. The van der Waals surface area contributed by atoms with Gasteiger partial charge in [-0.2, -0.15) is 0 Å². The Morgan fingerprint density at radius 3 is 2.06 bits per heavy atom. The number of ketones is 2. The minimum absolute atomic E-state index is 0.266. The van der Waals surface area contributed by atoms with E-state index in [9.17, 15) is 14.4 Å². The number of amides is 1. The van der Waals surface area contributed by atoms with Gasteiger partial charge in [0.2, 0.25) is 0 Å². The highest BCUT2D eigenvalue weighted by molar-refractivity contribution is 6.34. The van der Waals surface area contributed by atoms with Crippen molar-refractivity contribution in [1.82, 2.24) is 4.90 Å². The van der Waals surface area contributed by atoms with Gasteiger partial charge in [0, 0.05) is 34.8 Å². The van der Waals surface area contributed by atoms with E-state index in [1.165, 1.54) is 0 Å². The number of hydrogen-bond donors (Lipinski definition) is 1. The van der Waals surface area contributed by atoms with Gasteiger partial charge in [-0.15, -0.1) is 0 Å². The second kappa shape index (κ2) is 5.99. The zero-order valence-electron chi connectivity index (χ0n) is 17.0. The van der Waals surface area contributed by atoms with Gasteiger partial charge in [-0.3, -0.25) is 19.3 Å². The summed E-state index contributed by atoms with van der Waals surface area (Å²) in [5.41, 5.74) is 0.0683. The van der Waals surface area contributed by atoms with Crippen LogP contribution in [-0.4, -0.2) is 36.0 Å². The molecule has 31 heavy (non-hydrogen) atoms. The number of fused-ring (bicyclic) bond motifs is 4. The van der Waals surface area contributed by atoms with Crippen molar-refractivity contribution in [3.63, 3.8) is 0 Å². The molecule has 0 saturated carbocycles. The maximum Gasteiger partial charge on any atom is 0.251 e. The van der Waals surface area contributed by atoms with Crippen molar-refractivity contribution < 1.29 is 14.4 Å². The maximum absolute atomic E-state index is 14.2. The molecule has 1 unspecified atom stereocenters. The Balaban J connectivity index is 1.74. The Morgan fingerprint density at radius 1 is 0.806 bits per heavy atom. The van der Waals surface area contributed by atoms with Crippen LogP contribution in [0.2, 0.25) is 0 Å². The van der Waals surface area contributed by atoms with E-state index in [0.717, 1.165) is 5.56 Å². The fourth-order valence-corrected chi connectivity index (χ4v) is 6.21. The summed E-state index contributed by atoms with van der Waals surface area (Å²) >= 11 is 0. The lowest BCUT2D eigenvalue weighted by molar-refractivity contribution is -0.128. The van der Waals surface area contributed by atoms with Crippen LogP contribution in [-0.2, 0) is 10.3 Å². The molecule has 0 radical (unpaired) electrons. The molecule has 2 heterocycles. The molecule has 3 aliphatic rings. The highest BCUT2D eigenvalue weighted by Gasteiger charge is 2.78. The summed E-state index contributed by atoms with van der Waals surface area (Å²) in [6.45, 7) is 0.414. The van der Waals surface area contributed by atoms with Gasteiger partial charge in [0.05, 0.1) is 0 Å². The van der Waals surface area contributed by atoms with Crippen molar-refractivity contribution >= 4 is 23.2 Å². The molecule has 5 heteroatoms. The molecule has 1 amide bonds. The van der Waals surface area contributed by atoms with Crippen LogP contribution >= 0.6 is 0 Å². The van der Waals surface area contributed by atoms with Crippen LogP contribution < -0.4 is 5.32 Å². The van der Waals surface area contributed by atoms with Gasteiger partial charge in [-0.25, -0.2) is 0 Å². The standard InChI is InChI=1S/C26H20N2O3/c1-28-15-20(16-9-3-2-4-10-16)25(22(29)17-11-5-6-12-18(17)23(25)30)26(28)19-13-7-8-14-21(19)27-24(26)31/h2-14,20H,15H2,1H3,(H,27,31)/t20-,26?/m0/s1. The summed E-state index contributed by atoms with van der Waals surface area (Å²) < 4.78 is 0. The van der Waals surface area contributed by atoms with E-state index in [1.54, 1.807) is 24.3 Å². The molecule has 2 aliphatic heterocycles. The molecule has 3 aromatic rings. The van der Waals surface area contributed by atoms with E-state index in [1.807, 2.05) is 66.5 Å². The van der Waals surface area contributed by atoms with Crippen molar-refractivity contribution in [2.45, 2.75) is 11.5 Å². The molecular formula is C26H20N2O3. The Bertz CT molecular complexity index is 1250. The second-order valence-electron chi connectivity index (χ2n) is 8.57. The number of likely N-dealkylation sites (tertiary alicyclic amines) is 1. The quantitative estimate of drug-likeness (QED) is 0.625. The zero-order valence-corrected chi connectivity index (χ0v) is 17.0. The number of carbonyl (C=O) groups is 3. The number of nitrogens with zero attached hydrogens (tertiary/aromatic N) is 1. The normalized spacial score (nSPS) is 25.8. The zero-order chi connectivity index (χ0) is 21.4. The number of benzene rings is 3. The van der Waals surface area contributed by atoms with E-state index in [4.69, 9.17) is 0 Å². The average Bonchev–Trinajstić information content (AvgIpc) is 3.34. The first-order chi connectivity index (χ1) is 15.0. The minimum Gasteiger partial charge on any atom is -0.324 e. The Morgan fingerprint density at radius 2 is 1.39 bits per heavy atom. The SMILES string of the molecule is CN1C[C@@H](c2ccccc2)C2(C(=O)c3ccccc3C2=O)C12C(=O)Nc1ccccc12. The van der Waals surface area contributed by atoms with Gasteiger partial charge >= 0.3 is 0 Å². The highest BCUT2D eigenvalue weighted by atomic mass is 16.2. The van der Waals surface area contributed by atoms with Crippen LogP contribution in [0.15, 0.2) is 78.9 Å². The third-order valence-electron chi connectivity index (χ3n) is 7.35. The lowest BCUT2D eigenvalue weighted by atomic mass is 9.58. The fourth-order valence-electron chi connectivity index (χ4n) is 6.21. The molecule has 2 atom stereocenters. The Labute approximate surface area is 179 Å². The molecule has 1 saturated heterocycles. The molecule has 1 fully saturated rings. The van der Waals surface area contributed by atoms with E-state index < -0.39 is 16.9 Å². The summed E-state index contributed by atoms with van der Waals surface area (Å²) in [4.78, 5) is 44.2. The van der Waals surface area contributed by atoms with E-state index in [2.05, 4.69) is 5.32 Å². The lowest BCUT2D eigenvalue weighted by Gasteiger charge is -2.42. The first kappa shape index (κ1) is 18.2. The highest BCUT2D eigenvalue weighted by Crippen LogP contribution is 2.66. The summed E-state index contributed by atoms with van der Waals surface area (Å²) in [5.74, 6) is -1.30. The molecular weight excluding hydrogens is 388 g/mol. The van der Waals surface area contributed by atoms with Gasteiger partial charge in [0.25, 0.3) is 5.91 Å². The van der Waals surface area contributed by atoms with Crippen molar-refractivity contribution in [3.05, 3.63) is 101 Å². The largest absolute Gasteiger partial charge is 0.324 e. The van der Waals surface area contributed by atoms with Crippen LogP contribution in [0.4, 0.5) is 5.69 Å². The van der Waals surface area contributed by atoms with Crippen molar-refractivity contribution in [3.8, 4) is 0 Å². The third kappa shape index (κ3) is 1.89. The second-order valence-corrected chi connectivity index (χ2v) is 8.57. The molecule has 5 nitrogen and oxygen atoms in total. The summed E-state index contributed by atoms with van der Waals surface area (Å²) in [6, 6.07) is 24.0. The van der Waals surface area contributed by atoms with E-state index in [-0.39, 0.29) is 17.5 Å². The third-order valence-corrected chi connectivity index (χ3v) is 7.35. The maximum atomic E-state index is 14.2. The van der Waals surface area contributed by atoms with Gasteiger partial charge < -0.3 is 5.32 Å². The summed E-state index contributed by atoms with van der Waals surface area (Å²) in [5, 5.41) is 2.97. The van der Waals surface area contributed by atoms with Crippen LogP contribution in [0.3, 0.4) is 0 Å². The topological polar surface area (TPSA) is 66.5 Å². The van der Waals surface area contributed by atoms with Gasteiger partial charge in [-0.05, 0) is 18.7 Å². The number of anilines is 1. The van der Waals surface area contributed by atoms with Gasteiger partial charge in [0.15, 0.2) is 11.6 Å². The number of carbonyl (C=O) groups excluding carboxylic acids is 3. The molecule has 152 valence electrons. The molecule has 1 N–H and O–H groups in total. The van der Waals surface area contributed by atoms with Crippen LogP contribution in [0.5, 0.6) is 0 Å². The average molecular weight is 408 g/mol. The van der Waals surface area contributed by atoms with Crippen LogP contribution in [0, 0.1) is 5.41 Å². The summed E-state index contributed by atoms with van der Waals surface area (Å²) in [6.07, 6.45) is 0. The van der Waals surface area contributed by atoms with Gasteiger partial charge in [0.1, 0.15) is 11.0 Å². The molecule has 3 aromatic carbocycles. The Hall–Kier alpha value is -3.57. The number of nitrogens with one attached hydrogen (secondary N) is 1. The number of Topliss-reactive ketones (excluding diaryl/α,β-unsaturated/α-hetero) is 2. The number of hydrogen-bond acceptors (Lipinski definition) is 4. The lowest BCUT2D eigenvalue weighted by Crippen LogP contribution is -2.60. The van der Waals surface area contributed by atoms with E-state index >= 15 is 0 Å². The van der Waals surface area contributed by atoms with Crippen molar-refractivity contribution in [1.29, 1.82) is 0 Å². The Kier molecular flexibility index (Phi) is 3.52. The number of likely N-dealkylation sites (N-methyl/N-ethyl adjacent to an activating group) is 1. The predicted octanol–water partition coefficient (Wildman–Crippen LogP) is 3.63. The predicted molar refractivity (Wildman–Crippen MR) is 116 cm³/mol. The molecule has 1 aliphatic carbocycles. The van der Waals surface area contributed by atoms with Crippen LogP contribution in [0.1, 0.15) is 37.8 Å². The van der Waals surface area contributed by atoms with Crippen molar-refractivity contribution in [2.24, 2.45) is 5.41 Å². The fraction of sp³-hybridized carbons (Fsp3) is 0.192. The first-order valence-electron chi connectivity index (χ1n) is 10.4. The molecule has 0 bridgehead atoms. The number of para-hydroxylation sites is 1. The molecule has 2 spiro atoms. The van der Waals surface area contributed by atoms with Crippen LogP contribution in [0.25, 0.3) is 0 Å². The smallest absolute Gasteiger partial charge is 0.251 e. The van der Waals surface area contributed by atoms with E-state index in [0.29, 0.717) is 28.9 Å². The van der Waals surface area contributed by atoms with Crippen molar-refractivity contribution in [2.75, 3.05) is 18.9 Å². The minimum atomic E-state index is -1.57. The summed E-state index contributed by atoms with van der Waals surface area (Å²) in [7, 11) is 1.84. The molecule has 0 aromatic heterocycles. The number of rotatable bonds is 1. The molecule has 6 rings (SSSR count). The monoisotopic (exact) mass is 408 g/mol.